The number of benzene rings is 1. The maximum atomic E-state index is 12.5. The molecule has 0 aliphatic rings. The molecule has 0 unspecified atom stereocenters. The topological polar surface area (TPSA) is 57.7 Å². The molecule has 0 radical (unpaired) electrons. The van der Waals surface area contributed by atoms with Crippen LogP contribution < -0.4 is 0 Å². The highest BCUT2D eigenvalue weighted by Crippen LogP contribution is 2.25. The van der Waals surface area contributed by atoms with Crippen molar-refractivity contribution < 1.29 is 13.2 Å². The molecule has 1 rings (SSSR count). The highest BCUT2D eigenvalue weighted by molar-refractivity contribution is 7.89. The predicted molar refractivity (Wildman–Crippen MR) is 88.7 cm³/mol. The monoisotopic (exact) mass is 344 g/mol. The molecule has 0 spiro atoms. The lowest BCUT2D eigenvalue weighted by molar-refractivity contribution is 0.0778. The van der Waals surface area contributed by atoms with E-state index in [1.807, 2.05) is 13.8 Å². The second kappa shape index (κ2) is 7.26. The van der Waals surface area contributed by atoms with Crippen LogP contribution in [0.2, 0.25) is 5.02 Å². The van der Waals surface area contributed by atoms with Gasteiger partial charge in [-0.2, -0.15) is 0 Å². The lowest BCUT2D eigenvalue weighted by atomic mass is 10.2. The molecule has 122 valence electrons. The third-order valence-electron chi connectivity index (χ3n) is 3.07. The number of sulfonamides is 1. The fraction of sp³-hybridized carbons (Fsp3) is 0.400. The summed E-state index contributed by atoms with van der Waals surface area (Å²) in [5.41, 5.74) is 1.14. The fourth-order valence-electron chi connectivity index (χ4n) is 1.87. The summed E-state index contributed by atoms with van der Waals surface area (Å²) in [4.78, 5) is 14.0. The molecular weight excluding hydrogens is 324 g/mol. The van der Waals surface area contributed by atoms with Crippen LogP contribution in [0.5, 0.6) is 0 Å². The number of halogens is 1. The van der Waals surface area contributed by atoms with Gasteiger partial charge >= 0.3 is 0 Å². The average Bonchev–Trinajstić information content (AvgIpc) is 2.43. The summed E-state index contributed by atoms with van der Waals surface area (Å²) in [6, 6.07) is 4.28. The van der Waals surface area contributed by atoms with Crippen LogP contribution in [-0.4, -0.2) is 50.7 Å². The van der Waals surface area contributed by atoms with Gasteiger partial charge in [0.1, 0.15) is 4.90 Å². The van der Waals surface area contributed by atoms with Crippen molar-refractivity contribution in [2.45, 2.75) is 18.7 Å². The van der Waals surface area contributed by atoms with E-state index in [1.54, 1.807) is 4.90 Å². The first-order chi connectivity index (χ1) is 10.1. The minimum absolute atomic E-state index is 0.0728. The van der Waals surface area contributed by atoms with E-state index in [9.17, 15) is 13.2 Å². The van der Waals surface area contributed by atoms with Crippen LogP contribution in [0.4, 0.5) is 0 Å². The van der Waals surface area contributed by atoms with Crippen LogP contribution in [0.3, 0.4) is 0 Å². The van der Waals surface area contributed by atoms with Gasteiger partial charge in [0.25, 0.3) is 5.91 Å². The van der Waals surface area contributed by atoms with Gasteiger partial charge in [0.2, 0.25) is 10.0 Å². The van der Waals surface area contributed by atoms with E-state index in [-0.39, 0.29) is 21.4 Å². The standard InChI is InChI=1S/C15H21ClN2O3S/c1-6-18(10-11(2)3)15(19)12-7-8-13(16)14(9-12)22(20,21)17(4)5/h7-9H,2,6,10H2,1,3-5H3. The maximum Gasteiger partial charge on any atom is 0.254 e. The van der Waals surface area contributed by atoms with E-state index in [0.29, 0.717) is 13.1 Å². The fourth-order valence-corrected chi connectivity index (χ4v) is 3.26. The molecule has 0 N–H and O–H groups in total. The molecule has 1 aromatic carbocycles. The SMILES string of the molecule is C=C(C)CN(CC)C(=O)c1ccc(Cl)c(S(=O)(=O)N(C)C)c1. The number of carbonyl (C=O) groups is 1. The van der Waals surface area contributed by atoms with Crippen molar-refractivity contribution in [1.29, 1.82) is 0 Å². The number of amides is 1. The van der Waals surface area contributed by atoms with Crippen LogP contribution >= 0.6 is 11.6 Å². The van der Waals surface area contributed by atoms with E-state index in [1.165, 1.54) is 32.3 Å². The molecule has 0 saturated heterocycles. The molecular formula is C15H21ClN2O3S. The molecule has 1 aromatic rings. The summed E-state index contributed by atoms with van der Waals surface area (Å²) < 4.78 is 25.6. The summed E-state index contributed by atoms with van der Waals surface area (Å²) in [6.45, 7) is 8.41. The Balaban J connectivity index is 3.29. The van der Waals surface area contributed by atoms with Gasteiger partial charge < -0.3 is 4.90 Å². The predicted octanol–water partition coefficient (Wildman–Crippen LogP) is 2.63. The summed E-state index contributed by atoms with van der Waals surface area (Å²) >= 11 is 5.98. The zero-order valence-electron chi connectivity index (χ0n) is 13.3. The van der Waals surface area contributed by atoms with E-state index < -0.39 is 10.0 Å². The van der Waals surface area contributed by atoms with E-state index >= 15 is 0 Å². The first kappa shape index (κ1) is 18.7. The minimum Gasteiger partial charge on any atom is -0.335 e. The summed E-state index contributed by atoms with van der Waals surface area (Å²) in [5.74, 6) is -0.252. The molecule has 0 heterocycles. The number of hydrogen-bond acceptors (Lipinski definition) is 3. The number of hydrogen-bond donors (Lipinski definition) is 0. The van der Waals surface area contributed by atoms with Crippen LogP contribution in [0.25, 0.3) is 0 Å². The van der Waals surface area contributed by atoms with Crippen molar-refractivity contribution in [1.82, 2.24) is 9.21 Å². The van der Waals surface area contributed by atoms with Gasteiger partial charge in [-0.05, 0) is 32.0 Å². The molecule has 0 aliphatic carbocycles. The third-order valence-corrected chi connectivity index (χ3v) is 5.36. The minimum atomic E-state index is -3.71. The summed E-state index contributed by atoms with van der Waals surface area (Å²) in [7, 11) is -0.873. The highest BCUT2D eigenvalue weighted by atomic mass is 35.5. The quantitative estimate of drug-likeness (QED) is 0.745. The molecule has 5 nitrogen and oxygen atoms in total. The zero-order valence-corrected chi connectivity index (χ0v) is 14.8. The first-order valence-corrected chi connectivity index (χ1v) is 8.58. The molecule has 1 amide bonds. The number of carbonyl (C=O) groups excluding carboxylic acids is 1. The Morgan fingerprint density at radius 3 is 2.36 bits per heavy atom. The Morgan fingerprint density at radius 2 is 1.91 bits per heavy atom. The molecule has 0 aliphatic heterocycles. The lowest BCUT2D eigenvalue weighted by Gasteiger charge is -2.21. The van der Waals surface area contributed by atoms with Crippen LogP contribution in [0.1, 0.15) is 24.2 Å². The second-order valence-corrected chi connectivity index (χ2v) is 7.74. The number of nitrogens with zero attached hydrogens (tertiary/aromatic N) is 2. The van der Waals surface area contributed by atoms with Crippen molar-refractivity contribution in [3.63, 3.8) is 0 Å². The molecule has 7 heteroatoms. The first-order valence-electron chi connectivity index (χ1n) is 6.77. The lowest BCUT2D eigenvalue weighted by Crippen LogP contribution is -2.32. The van der Waals surface area contributed by atoms with E-state index in [0.717, 1.165) is 9.88 Å². The third kappa shape index (κ3) is 4.09. The van der Waals surface area contributed by atoms with Gasteiger partial charge in [-0.25, -0.2) is 12.7 Å². The maximum absolute atomic E-state index is 12.5. The zero-order chi connectivity index (χ0) is 17.1. The summed E-state index contributed by atoms with van der Waals surface area (Å²) in [6.07, 6.45) is 0. The Morgan fingerprint density at radius 1 is 1.32 bits per heavy atom. The van der Waals surface area contributed by atoms with Crippen molar-refractivity contribution in [3.05, 3.63) is 40.9 Å². The van der Waals surface area contributed by atoms with Gasteiger partial charge in [-0.15, -0.1) is 0 Å². The normalized spacial score (nSPS) is 11.5. The van der Waals surface area contributed by atoms with Gasteiger partial charge in [-0.1, -0.05) is 23.8 Å². The van der Waals surface area contributed by atoms with Gasteiger partial charge in [0.05, 0.1) is 5.02 Å². The average molecular weight is 345 g/mol. The second-order valence-electron chi connectivity index (χ2n) is 5.21. The molecule has 0 aromatic heterocycles. The Kier molecular flexibility index (Phi) is 6.17. The van der Waals surface area contributed by atoms with Crippen LogP contribution in [0, 0.1) is 0 Å². The molecule has 0 bridgehead atoms. The number of likely N-dealkylation sites (N-methyl/N-ethyl adjacent to an activating group) is 1. The molecule has 0 atom stereocenters. The molecule has 22 heavy (non-hydrogen) atoms. The van der Waals surface area contributed by atoms with Crippen molar-refractivity contribution >= 4 is 27.5 Å². The van der Waals surface area contributed by atoms with Crippen LogP contribution in [0.15, 0.2) is 35.2 Å². The van der Waals surface area contributed by atoms with Gasteiger partial charge in [0.15, 0.2) is 0 Å². The Labute approximate surface area is 137 Å². The van der Waals surface area contributed by atoms with Crippen molar-refractivity contribution in [2.24, 2.45) is 0 Å². The van der Waals surface area contributed by atoms with Crippen molar-refractivity contribution in [2.75, 3.05) is 27.2 Å². The molecule has 0 saturated carbocycles. The van der Waals surface area contributed by atoms with Crippen LogP contribution in [-0.2, 0) is 10.0 Å². The number of rotatable bonds is 6. The van der Waals surface area contributed by atoms with Gasteiger partial charge in [-0.3, -0.25) is 4.79 Å². The van der Waals surface area contributed by atoms with Crippen molar-refractivity contribution in [3.8, 4) is 0 Å². The van der Waals surface area contributed by atoms with Gasteiger partial charge in [0, 0.05) is 32.7 Å². The summed E-state index contributed by atoms with van der Waals surface area (Å²) in [5, 5.41) is 0.0909. The largest absolute Gasteiger partial charge is 0.335 e. The highest BCUT2D eigenvalue weighted by Gasteiger charge is 2.23. The smallest absolute Gasteiger partial charge is 0.254 e. The van der Waals surface area contributed by atoms with E-state index in [4.69, 9.17) is 11.6 Å². The Hall–Kier alpha value is -1.37. The molecule has 0 fully saturated rings. The Bertz CT molecular complexity index is 684. The van der Waals surface area contributed by atoms with E-state index in [2.05, 4.69) is 6.58 Å².